The van der Waals surface area contributed by atoms with Crippen LogP contribution in [-0.4, -0.2) is 17.6 Å². The summed E-state index contributed by atoms with van der Waals surface area (Å²) in [4.78, 5) is 16.1. The SMILES string of the molecule is CCOC(=O)c1cc(N)cnc1Nc1cc(Cl)ccc1C. The van der Waals surface area contributed by atoms with E-state index >= 15 is 0 Å². The number of hydrogen-bond acceptors (Lipinski definition) is 5. The number of pyridine rings is 1. The summed E-state index contributed by atoms with van der Waals surface area (Å²) < 4.78 is 5.01. The van der Waals surface area contributed by atoms with E-state index in [9.17, 15) is 4.79 Å². The standard InChI is InChI=1S/C15H16ClN3O2/c1-3-21-15(20)12-7-11(17)8-18-14(12)19-13-6-10(16)5-4-9(13)2/h4-8H,3,17H2,1-2H3,(H,18,19). The van der Waals surface area contributed by atoms with E-state index in [0.717, 1.165) is 11.3 Å². The fourth-order valence-corrected chi connectivity index (χ4v) is 1.97. The van der Waals surface area contributed by atoms with Crippen molar-refractivity contribution in [3.8, 4) is 0 Å². The maximum atomic E-state index is 12.0. The van der Waals surface area contributed by atoms with Crippen LogP contribution in [0.5, 0.6) is 0 Å². The lowest BCUT2D eigenvalue weighted by Crippen LogP contribution is -2.10. The number of anilines is 3. The van der Waals surface area contributed by atoms with Crippen molar-refractivity contribution in [2.24, 2.45) is 0 Å². The van der Waals surface area contributed by atoms with E-state index in [1.54, 1.807) is 19.1 Å². The molecule has 0 amide bonds. The first-order valence-corrected chi connectivity index (χ1v) is 6.85. The predicted molar refractivity (Wildman–Crippen MR) is 84.1 cm³/mol. The van der Waals surface area contributed by atoms with Crippen LogP contribution in [0.2, 0.25) is 5.02 Å². The highest BCUT2D eigenvalue weighted by Gasteiger charge is 2.15. The van der Waals surface area contributed by atoms with Gasteiger partial charge in [-0.1, -0.05) is 17.7 Å². The Kier molecular flexibility index (Phi) is 4.65. The molecule has 1 heterocycles. The second kappa shape index (κ2) is 6.45. The third-order valence-corrected chi connectivity index (χ3v) is 3.09. The molecule has 3 N–H and O–H groups in total. The Morgan fingerprint density at radius 2 is 2.19 bits per heavy atom. The molecule has 0 aliphatic rings. The minimum atomic E-state index is -0.473. The van der Waals surface area contributed by atoms with Gasteiger partial charge in [-0.3, -0.25) is 0 Å². The summed E-state index contributed by atoms with van der Waals surface area (Å²) in [6, 6.07) is 6.98. The average molecular weight is 306 g/mol. The molecule has 2 aromatic rings. The third-order valence-electron chi connectivity index (χ3n) is 2.86. The minimum Gasteiger partial charge on any atom is -0.462 e. The largest absolute Gasteiger partial charge is 0.462 e. The number of benzene rings is 1. The van der Waals surface area contributed by atoms with Gasteiger partial charge >= 0.3 is 5.97 Å². The molecule has 5 nitrogen and oxygen atoms in total. The Balaban J connectivity index is 2.39. The molecule has 0 bridgehead atoms. The van der Waals surface area contributed by atoms with E-state index in [-0.39, 0.29) is 12.2 Å². The Labute approximate surface area is 128 Å². The van der Waals surface area contributed by atoms with Gasteiger partial charge in [0.1, 0.15) is 11.4 Å². The van der Waals surface area contributed by atoms with Crippen molar-refractivity contribution in [1.29, 1.82) is 0 Å². The van der Waals surface area contributed by atoms with E-state index in [4.69, 9.17) is 22.1 Å². The van der Waals surface area contributed by atoms with Gasteiger partial charge in [0, 0.05) is 10.7 Å². The summed E-state index contributed by atoms with van der Waals surface area (Å²) in [5.41, 5.74) is 8.12. The molecule has 0 aliphatic carbocycles. The molecule has 0 unspecified atom stereocenters. The summed E-state index contributed by atoms with van der Waals surface area (Å²) in [6.45, 7) is 3.95. The number of halogens is 1. The number of hydrogen-bond donors (Lipinski definition) is 2. The first-order valence-electron chi connectivity index (χ1n) is 6.47. The number of carbonyl (C=O) groups is 1. The molecule has 0 spiro atoms. The molecule has 0 fully saturated rings. The van der Waals surface area contributed by atoms with Crippen LogP contribution in [-0.2, 0) is 4.74 Å². The van der Waals surface area contributed by atoms with Crippen LogP contribution in [0, 0.1) is 6.92 Å². The van der Waals surface area contributed by atoms with Crippen molar-refractivity contribution in [1.82, 2.24) is 4.98 Å². The number of aromatic nitrogens is 1. The number of ether oxygens (including phenoxy) is 1. The zero-order valence-corrected chi connectivity index (χ0v) is 12.6. The van der Waals surface area contributed by atoms with Gasteiger partial charge in [0.25, 0.3) is 0 Å². The molecule has 0 saturated heterocycles. The summed E-state index contributed by atoms with van der Waals surface area (Å²) in [7, 11) is 0. The van der Waals surface area contributed by atoms with Crippen molar-refractivity contribution in [3.05, 3.63) is 46.6 Å². The van der Waals surface area contributed by atoms with Crippen molar-refractivity contribution < 1.29 is 9.53 Å². The lowest BCUT2D eigenvalue weighted by Gasteiger charge is -2.13. The normalized spacial score (nSPS) is 10.2. The number of esters is 1. The highest BCUT2D eigenvalue weighted by molar-refractivity contribution is 6.30. The lowest BCUT2D eigenvalue weighted by molar-refractivity contribution is 0.0527. The summed E-state index contributed by atoms with van der Waals surface area (Å²) in [5, 5.41) is 3.69. The Hall–Kier alpha value is -2.27. The zero-order chi connectivity index (χ0) is 15.4. The van der Waals surface area contributed by atoms with E-state index in [0.29, 0.717) is 16.5 Å². The quantitative estimate of drug-likeness (QED) is 0.845. The molecular weight excluding hydrogens is 290 g/mol. The summed E-state index contributed by atoms with van der Waals surface area (Å²) >= 11 is 5.99. The second-order valence-electron chi connectivity index (χ2n) is 4.47. The van der Waals surface area contributed by atoms with Crippen molar-refractivity contribution in [2.75, 3.05) is 17.7 Å². The van der Waals surface area contributed by atoms with Gasteiger partial charge in [-0.15, -0.1) is 0 Å². The Bertz CT molecular complexity index is 674. The molecule has 0 aliphatic heterocycles. The number of aryl methyl sites for hydroxylation is 1. The molecule has 6 heteroatoms. The monoisotopic (exact) mass is 305 g/mol. The highest BCUT2D eigenvalue weighted by Crippen LogP contribution is 2.26. The number of nitrogens with one attached hydrogen (secondary N) is 1. The van der Waals surface area contributed by atoms with Gasteiger partial charge in [0.2, 0.25) is 0 Å². The number of nitrogens with zero attached hydrogens (tertiary/aromatic N) is 1. The van der Waals surface area contributed by atoms with Crippen LogP contribution in [0.25, 0.3) is 0 Å². The molecule has 0 atom stereocenters. The van der Waals surface area contributed by atoms with Gasteiger partial charge in [-0.05, 0) is 37.6 Å². The number of nitrogens with two attached hydrogens (primary N) is 1. The Morgan fingerprint density at radius 1 is 1.43 bits per heavy atom. The fraction of sp³-hybridized carbons (Fsp3) is 0.200. The fourth-order valence-electron chi connectivity index (χ4n) is 1.80. The van der Waals surface area contributed by atoms with Crippen LogP contribution in [0.1, 0.15) is 22.8 Å². The van der Waals surface area contributed by atoms with Gasteiger partial charge in [-0.2, -0.15) is 0 Å². The highest BCUT2D eigenvalue weighted by atomic mass is 35.5. The second-order valence-corrected chi connectivity index (χ2v) is 4.91. The van der Waals surface area contributed by atoms with E-state index in [2.05, 4.69) is 10.3 Å². The third kappa shape index (κ3) is 3.64. The minimum absolute atomic E-state index is 0.281. The molecule has 2 rings (SSSR count). The molecule has 0 radical (unpaired) electrons. The van der Waals surface area contributed by atoms with Crippen LogP contribution in [0.3, 0.4) is 0 Å². The average Bonchev–Trinajstić information content (AvgIpc) is 2.45. The van der Waals surface area contributed by atoms with Gasteiger partial charge < -0.3 is 15.8 Å². The maximum Gasteiger partial charge on any atom is 0.341 e. The topological polar surface area (TPSA) is 77.2 Å². The number of rotatable bonds is 4. The maximum absolute atomic E-state index is 12.0. The first-order chi connectivity index (χ1) is 10.0. The molecule has 1 aromatic carbocycles. The van der Waals surface area contributed by atoms with Crippen LogP contribution in [0.4, 0.5) is 17.2 Å². The molecule has 110 valence electrons. The molecule has 21 heavy (non-hydrogen) atoms. The van der Waals surface area contributed by atoms with E-state index < -0.39 is 5.97 Å². The van der Waals surface area contributed by atoms with E-state index in [1.165, 1.54) is 12.3 Å². The number of carbonyl (C=O) groups excluding carboxylic acids is 1. The first kappa shape index (κ1) is 15.1. The summed E-state index contributed by atoms with van der Waals surface area (Å²) in [5.74, 6) is -0.0903. The lowest BCUT2D eigenvalue weighted by atomic mass is 10.2. The van der Waals surface area contributed by atoms with Gasteiger partial charge in [0.15, 0.2) is 0 Å². The Morgan fingerprint density at radius 3 is 2.90 bits per heavy atom. The van der Waals surface area contributed by atoms with Gasteiger partial charge in [-0.25, -0.2) is 9.78 Å². The van der Waals surface area contributed by atoms with Crippen molar-refractivity contribution in [3.63, 3.8) is 0 Å². The smallest absolute Gasteiger partial charge is 0.341 e. The van der Waals surface area contributed by atoms with Crippen LogP contribution in [0.15, 0.2) is 30.5 Å². The number of nitrogen functional groups attached to an aromatic ring is 1. The van der Waals surface area contributed by atoms with Crippen molar-refractivity contribution in [2.45, 2.75) is 13.8 Å². The molecular formula is C15H16ClN3O2. The van der Waals surface area contributed by atoms with Crippen LogP contribution < -0.4 is 11.1 Å². The zero-order valence-electron chi connectivity index (χ0n) is 11.8. The summed E-state index contributed by atoms with van der Waals surface area (Å²) in [6.07, 6.45) is 1.48. The predicted octanol–water partition coefficient (Wildman–Crippen LogP) is 3.55. The van der Waals surface area contributed by atoms with Crippen LogP contribution >= 0.6 is 11.6 Å². The van der Waals surface area contributed by atoms with Gasteiger partial charge in [0.05, 0.1) is 18.5 Å². The van der Waals surface area contributed by atoms with E-state index in [1.807, 2.05) is 13.0 Å². The molecule has 0 saturated carbocycles. The van der Waals surface area contributed by atoms with Crippen molar-refractivity contribution >= 4 is 34.8 Å². The molecule has 1 aromatic heterocycles.